The molecule has 1 saturated heterocycles. The summed E-state index contributed by atoms with van der Waals surface area (Å²) in [4.78, 5) is 2.58. The normalized spacial score (nSPS) is 22.9. The van der Waals surface area contributed by atoms with Gasteiger partial charge in [-0.25, -0.2) is 0 Å². The van der Waals surface area contributed by atoms with Crippen molar-refractivity contribution in [1.29, 1.82) is 0 Å². The summed E-state index contributed by atoms with van der Waals surface area (Å²) in [5.41, 5.74) is 1.65. The van der Waals surface area contributed by atoms with E-state index in [1.54, 1.807) is 0 Å². The van der Waals surface area contributed by atoms with E-state index in [-0.39, 0.29) is 5.41 Å². The Morgan fingerprint density at radius 3 is 2.62 bits per heavy atom. The molecule has 3 heteroatoms. The second-order valence-corrected chi connectivity index (χ2v) is 6.67. The number of nitrogens with zero attached hydrogens (tertiary/aromatic N) is 1. The van der Waals surface area contributed by atoms with Crippen LogP contribution in [-0.4, -0.2) is 44.3 Å². The van der Waals surface area contributed by atoms with Gasteiger partial charge in [0.15, 0.2) is 0 Å². The van der Waals surface area contributed by atoms with Crippen molar-refractivity contribution in [2.24, 2.45) is 5.41 Å². The Labute approximate surface area is 129 Å². The lowest BCUT2D eigenvalue weighted by molar-refractivity contribution is -0.0316. The highest BCUT2D eigenvalue weighted by molar-refractivity contribution is 5.14. The summed E-state index contributed by atoms with van der Waals surface area (Å²) in [5, 5.41) is 3.38. The number of hydrogen-bond acceptors (Lipinski definition) is 3. The predicted octanol–water partition coefficient (Wildman–Crippen LogP) is 2.91. The Hall–Kier alpha value is -0.900. The third-order valence-corrected chi connectivity index (χ3v) is 4.45. The molecule has 0 saturated carbocycles. The zero-order chi connectivity index (χ0) is 15.1. The fourth-order valence-corrected chi connectivity index (χ4v) is 3.27. The van der Waals surface area contributed by atoms with Crippen LogP contribution in [-0.2, 0) is 11.3 Å². The zero-order valence-corrected chi connectivity index (χ0v) is 13.8. The van der Waals surface area contributed by atoms with Crippen LogP contribution in [0, 0.1) is 5.41 Å². The van der Waals surface area contributed by atoms with Gasteiger partial charge in [0.25, 0.3) is 0 Å². The molecule has 1 aliphatic rings. The van der Waals surface area contributed by atoms with Crippen LogP contribution in [0.2, 0.25) is 0 Å². The molecule has 0 bridgehead atoms. The van der Waals surface area contributed by atoms with E-state index in [9.17, 15) is 0 Å². The summed E-state index contributed by atoms with van der Waals surface area (Å²) in [6.45, 7) is 9.53. The maximum atomic E-state index is 5.80. The van der Waals surface area contributed by atoms with Crippen LogP contribution in [0.4, 0.5) is 0 Å². The van der Waals surface area contributed by atoms with Gasteiger partial charge in [-0.3, -0.25) is 4.90 Å². The summed E-state index contributed by atoms with van der Waals surface area (Å²) >= 11 is 0. The molecule has 0 aliphatic carbocycles. The number of benzene rings is 1. The first-order valence-corrected chi connectivity index (χ1v) is 8.15. The van der Waals surface area contributed by atoms with Crippen LogP contribution in [0.25, 0.3) is 0 Å². The Morgan fingerprint density at radius 2 is 2.05 bits per heavy atom. The molecule has 0 amide bonds. The molecule has 21 heavy (non-hydrogen) atoms. The van der Waals surface area contributed by atoms with Gasteiger partial charge in [-0.1, -0.05) is 30.3 Å². The van der Waals surface area contributed by atoms with E-state index >= 15 is 0 Å². The molecule has 1 fully saturated rings. The fraction of sp³-hybridized carbons (Fsp3) is 0.667. The van der Waals surface area contributed by atoms with E-state index in [0.717, 1.165) is 32.8 Å². The van der Waals surface area contributed by atoms with Gasteiger partial charge in [-0.15, -0.1) is 0 Å². The molecule has 0 radical (unpaired) electrons. The van der Waals surface area contributed by atoms with Crippen molar-refractivity contribution in [2.45, 2.75) is 39.3 Å². The minimum Gasteiger partial charge on any atom is -0.381 e. The zero-order valence-electron chi connectivity index (χ0n) is 13.8. The van der Waals surface area contributed by atoms with Gasteiger partial charge in [0.05, 0.1) is 6.61 Å². The number of ether oxygens (including phenoxy) is 1. The van der Waals surface area contributed by atoms with Crippen LogP contribution in [0.5, 0.6) is 0 Å². The molecular weight excluding hydrogens is 260 g/mol. The minimum absolute atomic E-state index is 0.256. The standard InChI is InChI=1S/C18H30N2O/c1-16(2)20(12-17-8-5-4-6-9-17)14-18(13-19-3)10-7-11-21-15-18/h4-6,8-9,16,19H,7,10-15H2,1-3H3. The van der Waals surface area contributed by atoms with Gasteiger partial charge >= 0.3 is 0 Å². The Balaban J connectivity index is 2.06. The maximum absolute atomic E-state index is 5.80. The van der Waals surface area contributed by atoms with Crippen molar-refractivity contribution < 1.29 is 4.74 Å². The van der Waals surface area contributed by atoms with Crippen LogP contribution in [0.3, 0.4) is 0 Å². The summed E-state index contributed by atoms with van der Waals surface area (Å²) in [6.07, 6.45) is 2.44. The second kappa shape index (κ2) is 7.92. The van der Waals surface area contributed by atoms with Crippen molar-refractivity contribution in [3.8, 4) is 0 Å². The molecule has 2 rings (SSSR count). The highest BCUT2D eigenvalue weighted by Crippen LogP contribution is 2.30. The van der Waals surface area contributed by atoms with Gasteiger partial charge in [-0.05, 0) is 39.3 Å². The first-order valence-electron chi connectivity index (χ1n) is 8.15. The Kier molecular flexibility index (Phi) is 6.22. The molecule has 1 heterocycles. The van der Waals surface area contributed by atoms with Crippen LogP contribution < -0.4 is 5.32 Å². The van der Waals surface area contributed by atoms with Crippen LogP contribution >= 0.6 is 0 Å². The van der Waals surface area contributed by atoms with E-state index in [4.69, 9.17) is 4.74 Å². The smallest absolute Gasteiger partial charge is 0.0546 e. The van der Waals surface area contributed by atoms with Gasteiger partial charge in [-0.2, -0.15) is 0 Å². The van der Waals surface area contributed by atoms with Gasteiger partial charge in [0, 0.05) is 37.7 Å². The van der Waals surface area contributed by atoms with Crippen molar-refractivity contribution in [1.82, 2.24) is 10.2 Å². The number of rotatable bonds is 7. The van der Waals surface area contributed by atoms with E-state index < -0.39 is 0 Å². The SMILES string of the molecule is CNCC1(CN(Cc2ccccc2)C(C)C)CCCOC1. The molecule has 1 unspecified atom stereocenters. The van der Waals surface area contributed by atoms with Gasteiger partial charge in [0.2, 0.25) is 0 Å². The molecule has 1 aromatic rings. The first-order chi connectivity index (χ1) is 10.2. The lowest BCUT2D eigenvalue weighted by atomic mass is 9.81. The summed E-state index contributed by atoms with van der Waals surface area (Å²) in [6, 6.07) is 11.3. The highest BCUT2D eigenvalue weighted by atomic mass is 16.5. The van der Waals surface area contributed by atoms with Crippen molar-refractivity contribution in [3.05, 3.63) is 35.9 Å². The summed E-state index contributed by atoms with van der Waals surface area (Å²) in [5.74, 6) is 0. The second-order valence-electron chi connectivity index (χ2n) is 6.67. The molecule has 0 spiro atoms. The van der Waals surface area contributed by atoms with Gasteiger partial charge in [0.1, 0.15) is 0 Å². The van der Waals surface area contributed by atoms with E-state index in [0.29, 0.717) is 6.04 Å². The van der Waals surface area contributed by atoms with Crippen molar-refractivity contribution in [2.75, 3.05) is 33.4 Å². The Bertz CT molecular complexity index is 393. The summed E-state index contributed by atoms with van der Waals surface area (Å²) in [7, 11) is 2.05. The van der Waals surface area contributed by atoms with Crippen LogP contribution in [0.15, 0.2) is 30.3 Å². The molecular formula is C18H30N2O. The van der Waals surface area contributed by atoms with E-state index in [1.807, 2.05) is 7.05 Å². The summed E-state index contributed by atoms with van der Waals surface area (Å²) < 4.78 is 5.80. The molecule has 1 N–H and O–H groups in total. The first kappa shape index (κ1) is 16.5. The molecule has 1 aromatic carbocycles. The van der Waals surface area contributed by atoms with E-state index in [1.165, 1.54) is 18.4 Å². The van der Waals surface area contributed by atoms with E-state index in [2.05, 4.69) is 54.4 Å². The minimum atomic E-state index is 0.256. The lowest BCUT2D eigenvalue weighted by Crippen LogP contribution is -2.49. The maximum Gasteiger partial charge on any atom is 0.0546 e. The largest absolute Gasteiger partial charge is 0.381 e. The molecule has 0 aromatic heterocycles. The third-order valence-electron chi connectivity index (χ3n) is 4.45. The Morgan fingerprint density at radius 1 is 1.29 bits per heavy atom. The number of nitrogens with one attached hydrogen (secondary N) is 1. The molecule has 1 atom stereocenters. The third kappa shape index (κ3) is 4.80. The monoisotopic (exact) mass is 290 g/mol. The molecule has 1 aliphatic heterocycles. The van der Waals surface area contributed by atoms with Crippen LogP contribution in [0.1, 0.15) is 32.3 Å². The molecule has 3 nitrogen and oxygen atoms in total. The predicted molar refractivity (Wildman–Crippen MR) is 88.4 cm³/mol. The number of hydrogen-bond donors (Lipinski definition) is 1. The van der Waals surface area contributed by atoms with Gasteiger partial charge < -0.3 is 10.1 Å². The average Bonchev–Trinajstić information content (AvgIpc) is 2.49. The van der Waals surface area contributed by atoms with Crippen molar-refractivity contribution >= 4 is 0 Å². The highest BCUT2D eigenvalue weighted by Gasteiger charge is 2.34. The lowest BCUT2D eigenvalue weighted by Gasteiger charge is -2.42. The molecule has 118 valence electrons. The van der Waals surface area contributed by atoms with Crippen molar-refractivity contribution in [3.63, 3.8) is 0 Å². The fourth-order valence-electron chi connectivity index (χ4n) is 3.27. The topological polar surface area (TPSA) is 24.5 Å². The average molecular weight is 290 g/mol. The quantitative estimate of drug-likeness (QED) is 0.835.